The second kappa shape index (κ2) is 5.89. The van der Waals surface area contributed by atoms with Crippen molar-refractivity contribution >= 4 is 15.9 Å². The third-order valence-electron chi connectivity index (χ3n) is 3.51. The van der Waals surface area contributed by atoms with E-state index in [0.29, 0.717) is 6.42 Å². The zero-order valence-electron chi connectivity index (χ0n) is 11.6. The summed E-state index contributed by atoms with van der Waals surface area (Å²) in [6, 6.07) is 12.4. The van der Waals surface area contributed by atoms with Gasteiger partial charge >= 0.3 is 0 Å². The van der Waals surface area contributed by atoms with Crippen molar-refractivity contribution in [3.8, 4) is 0 Å². The number of rotatable bonds is 3. The summed E-state index contributed by atoms with van der Waals surface area (Å²) in [6.07, 6.45) is 0.212. The molecule has 2 aromatic rings. The maximum Gasteiger partial charge on any atom is 0.0833 e. The van der Waals surface area contributed by atoms with Gasteiger partial charge < -0.3 is 5.11 Å². The molecule has 0 amide bonds. The molecule has 0 saturated heterocycles. The van der Waals surface area contributed by atoms with E-state index >= 15 is 0 Å². The Morgan fingerprint density at radius 3 is 2.42 bits per heavy atom. The molecule has 0 aliphatic carbocycles. The summed E-state index contributed by atoms with van der Waals surface area (Å²) in [6.45, 7) is 6.21. The molecular weight excluding hydrogens is 300 g/mol. The summed E-state index contributed by atoms with van der Waals surface area (Å²) in [4.78, 5) is 0. The van der Waals surface area contributed by atoms with Gasteiger partial charge in [-0.15, -0.1) is 0 Å². The summed E-state index contributed by atoms with van der Waals surface area (Å²) in [5, 5.41) is 10.4. The van der Waals surface area contributed by atoms with Gasteiger partial charge in [-0.1, -0.05) is 45.8 Å². The van der Waals surface area contributed by atoms with Gasteiger partial charge in [-0.25, -0.2) is 0 Å². The van der Waals surface area contributed by atoms with Gasteiger partial charge in [0.15, 0.2) is 0 Å². The highest BCUT2D eigenvalue weighted by Gasteiger charge is 2.12. The van der Waals surface area contributed by atoms with Crippen LogP contribution in [-0.2, 0) is 6.42 Å². The minimum absolute atomic E-state index is 0.450. The van der Waals surface area contributed by atoms with Crippen LogP contribution in [0.15, 0.2) is 40.9 Å². The number of aryl methyl sites for hydroxylation is 3. The van der Waals surface area contributed by atoms with Crippen LogP contribution < -0.4 is 0 Å². The Morgan fingerprint density at radius 1 is 1.00 bits per heavy atom. The van der Waals surface area contributed by atoms with Gasteiger partial charge in [-0.3, -0.25) is 0 Å². The first-order valence-electron chi connectivity index (χ1n) is 6.47. The Bertz CT molecular complexity index is 590. The number of hydrogen-bond acceptors (Lipinski definition) is 1. The van der Waals surface area contributed by atoms with E-state index in [1.165, 1.54) is 16.7 Å². The maximum atomic E-state index is 10.4. The summed E-state index contributed by atoms with van der Waals surface area (Å²) in [7, 11) is 0. The lowest BCUT2D eigenvalue weighted by Gasteiger charge is -2.16. The van der Waals surface area contributed by atoms with Crippen LogP contribution in [-0.4, -0.2) is 5.11 Å². The van der Waals surface area contributed by atoms with E-state index in [2.05, 4.69) is 48.0 Å². The molecule has 0 bridgehead atoms. The van der Waals surface area contributed by atoms with Crippen molar-refractivity contribution < 1.29 is 5.11 Å². The number of hydrogen-bond donors (Lipinski definition) is 1. The molecule has 0 saturated carbocycles. The number of aliphatic hydroxyl groups is 1. The SMILES string of the molecule is Cc1ccc(C)c(CC(O)c2ccc(Br)cc2C)c1. The third kappa shape index (κ3) is 3.46. The zero-order valence-corrected chi connectivity index (χ0v) is 13.2. The normalized spacial score (nSPS) is 12.5. The molecule has 19 heavy (non-hydrogen) atoms. The second-order valence-electron chi connectivity index (χ2n) is 5.15. The first-order valence-corrected chi connectivity index (χ1v) is 7.27. The number of benzene rings is 2. The summed E-state index contributed by atoms with van der Waals surface area (Å²) >= 11 is 3.45. The van der Waals surface area contributed by atoms with Crippen LogP contribution in [0.25, 0.3) is 0 Å². The fourth-order valence-corrected chi connectivity index (χ4v) is 2.83. The largest absolute Gasteiger partial charge is 0.388 e. The molecule has 0 spiro atoms. The lowest BCUT2D eigenvalue weighted by Crippen LogP contribution is -2.05. The second-order valence-corrected chi connectivity index (χ2v) is 6.07. The predicted molar refractivity (Wildman–Crippen MR) is 83.5 cm³/mol. The molecular formula is C17H19BrO. The average Bonchev–Trinajstić information content (AvgIpc) is 2.33. The fourth-order valence-electron chi connectivity index (χ4n) is 2.35. The van der Waals surface area contributed by atoms with Crippen LogP contribution in [0.3, 0.4) is 0 Å². The summed E-state index contributed by atoms with van der Waals surface area (Å²) in [5.74, 6) is 0. The monoisotopic (exact) mass is 318 g/mol. The quantitative estimate of drug-likeness (QED) is 0.873. The van der Waals surface area contributed by atoms with Crippen LogP contribution in [0.4, 0.5) is 0 Å². The molecule has 0 aliphatic rings. The zero-order chi connectivity index (χ0) is 14.0. The molecule has 1 N–H and O–H groups in total. The van der Waals surface area contributed by atoms with E-state index < -0.39 is 6.10 Å². The summed E-state index contributed by atoms with van der Waals surface area (Å²) < 4.78 is 1.05. The average molecular weight is 319 g/mol. The van der Waals surface area contributed by atoms with E-state index in [1.54, 1.807) is 0 Å². The number of halogens is 1. The molecule has 100 valence electrons. The molecule has 2 aromatic carbocycles. The Hall–Kier alpha value is -1.12. The lowest BCUT2D eigenvalue weighted by atomic mass is 9.94. The Kier molecular flexibility index (Phi) is 4.43. The topological polar surface area (TPSA) is 20.2 Å². The van der Waals surface area contributed by atoms with Crippen molar-refractivity contribution in [2.75, 3.05) is 0 Å². The highest BCUT2D eigenvalue weighted by Crippen LogP contribution is 2.25. The van der Waals surface area contributed by atoms with Crippen LogP contribution >= 0.6 is 15.9 Å². The van der Waals surface area contributed by atoms with Crippen LogP contribution in [0.2, 0.25) is 0 Å². The van der Waals surface area contributed by atoms with E-state index in [1.807, 2.05) is 25.1 Å². The maximum absolute atomic E-state index is 10.4. The predicted octanol–water partition coefficient (Wildman–Crippen LogP) is 4.65. The molecule has 1 atom stereocenters. The van der Waals surface area contributed by atoms with Crippen molar-refractivity contribution in [1.29, 1.82) is 0 Å². The van der Waals surface area contributed by atoms with Gasteiger partial charge in [0.1, 0.15) is 0 Å². The van der Waals surface area contributed by atoms with E-state index in [0.717, 1.165) is 15.6 Å². The van der Waals surface area contributed by atoms with Crippen LogP contribution in [0.1, 0.15) is 33.9 Å². The van der Waals surface area contributed by atoms with E-state index in [4.69, 9.17) is 0 Å². The van der Waals surface area contributed by atoms with Crippen molar-refractivity contribution in [3.05, 3.63) is 68.7 Å². The Balaban J connectivity index is 2.25. The molecule has 0 radical (unpaired) electrons. The molecule has 1 unspecified atom stereocenters. The van der Waals surface area contributed by atoms with Crippen LogP contribution in [0.5, 0.6) is 0 Å². The molecule has 0 aromatic heterocycles. The minimum Gasteiger partial charge on any atom is -0.388 e. The van der Waals surface area contributed by atoms with Gasteiger partial charge in [0, 0.05) is 10.9 Å². The molecule has 0 aliphatic heterocycles. The lowest BCUT2D eigenvalue weighted by molar-refractivity contribution is 0.177. The standard InChI is InChI=1S/C17H19BrO/c1-11-4-5-12(2)14(8-11)10-17(19)16-7-6-15(18)9-13(16)3/h4-9,17,19H,10H2,1-3H3. The van der Waals surface area contributed by atoms with Crippen molar-refractivity contribution in [3.63, 3.8) is 0 Å². The van der Waals surface area contributed by atoms with Crippen molar-refractivity contribution in [2.24, 2.45) is 0 Å². The first-order chi connectivity index (χ1) is 8.97. The molecule has 2 heteroatoms. The van der Waals surface area contributed by atoms with Gasteiger partial charge in [0.2, 0.25) is 0 Å². The fraction of sp³-hybridized carbons (Fsp3) is 0.294. The van der Waals surface area contributed by atoms with Crippen molar-refractivity contribution in [1.82, 2.24) is 0 Å². The highest BCUT2D eigenvalue weighted by molar-refractivity contribution is 9.10. The summed E-state index contributed by atoms with van der Waals surface area (Å²) in [5.41, 5.74) is 5.81. The van der Waals surface area contributed by atoms with E-state index in [9.17, 15) is 5.11 Å². The van der Waals surface area contributed by atoms with Crippen molar-refractivity contribution in [2.45, 2.75) is 33.3 Å². The molecule has 1 nitrogen and oxygen atoms in total. The number of aliphatic hydroxyl groups excluding tert-OH is 1. The van der Waals surface area contributed by atoms with Crippen LogP contribution in [0, 0.1) is 20.8 Å². The minimum atomic E-state index is -0.450. The smallest absolute Gasteiger partial charge is 0.0833 e. The van der Waals surface area contributed by atoms with Gasteiger partial charge in [-0.2, -0.15) is 0 Å². The van der Waals surface area contributed by atoms with Gasteiger partial charge in [0.25, 0.3) is 0 Å². The Morgan fingerprint density at radius 2 is 1.74 bits per heavy atom. The highest BCUT2D eigenvalue weighted by atomic mass is 79.9. The molecule has 2 rings (SSSR count). The first kappa shape index (κ1) is 14.3. The van der Waals surface area contributed by atoms with E-state index in [-0.39, 0.29) is 0 Å². The molecule has 0 heterocycles. The molecule has 0 fully saturated rings. The third-order valence-corrected chi connectivity index (χ3v) is 4.00. The van der Waals surface area contributed by atoms with Gasteiger partial charge in [0.05, 0.1) is 6.10 Å². The van der Waals surface area contributed by atoms with Gasteiger partial charge in [-0.05, 0) is 55.2 Å². The Labute approximate surface area is 123 Å².